The number of hydrogen-bond acceptors (Lipinski definition) is 3. The number of benzene rings is 2. The number of hydrogen-bond donors (Lipinski definition) is 2. The minimum Gasteiger partial charge on any atom is -0.354 e. The summed E-state index contributed by atoms with van der Waals surface area (Å²) in [6.07, 6.45) is 0. The van der Waals surface area contributed by atoms with Crippen LogP contribution in [0.3, 0.4) is 0 Å². The van der Waals surface area contributed by atoms with Crippen LogP contribution in [0.25, 0.3) is 11.3 Å². The van der Waals surface area contributed by atoms with E-state index in [1.165, 1.54) is 0 Å². The SMILES string of the molecule is Cc1ccc(NC(=O)Nc2cc(-c3ccccc3)on2)c(C)c1. The smallest absolute Gasteiger partial charge is 0.324 e. The summed E-state index contributed by atoms with van der Waals surface area (Å²) in [6.45, 7) is 3.96. The number of aromatic nitrogens is 1. The molecule has 0 radical (unpaired) electrons. The van der Waals surface area contributed by atoms with Gasteiger partial charge in [-0.1, -0.05) is 53.2 Å². The number of anilines is 2. The number of nitrogens with one attached hydrogen (secondary N) is 2. The number of aryl methyl sites for hydroxylation is 2. The van der Waals surface area contributed by atoms with E-state index in [-0.39, 0.29) is 6.03 Å². The summed E-state index contributed by atoms with van der Waals surface area (Å²) in [5.41, 5.74) is 3.82. The highest BCUT2D eigenvalue weighted by Gasteiger charge is 2.10. The van der Waals surface area contributed by atoms with Gasteiger partial charge in [0, 0.05) is 17.3 Å². The maximum absolute atomic E-state index is 12.1. The molecule has 0 aliphatic rings. The van der Waals surface area contributed by atoms with Crippen LogP contribution in [0.15, 0.2) is 59.1 Å². The summed E-state index contributed by atoms with van der Waals surface area (Å²) in [7, 11) is 0. The summed E-state index contributed by atoms with van der Waals surface area (Å²) in [4.78, 5) is 12.1. The van der Waals surface area contributed by atoms with E-state index in [1.54, 1.807) is 6.07 Å². The molecule has 0 bridgehead atoms. The van der Waals surface area contributed by atoms with Crippen molar-refractivity contribution in [3.8, 4) is 11.3 Å². The lowest BCUT2D eigenvalue weighted by atomic mass is 10.1. The predicted octanol–water partition coefficient (Wildman–Crippen LogP) is 4.60. The van der Waals surface area contributed by atoms with Crippen LogP contribution in [-0.2, 0) is 0 Å². The number of amides is 2. The summed E-state index contributed by atoms with van der Waals surface area (Å²) in [6, 6.07) is 16.8. The molecule has 2 N–H and O–H groups in total. The van der Waals surface area contributed by atoms with Gasteiger partial charge in [-0.3, -0.25) is 5.32 Å². The first kappa shape index (κ1) is 14.8. The van der Waals surface area contributed by atoms with Crippen LogP contribution >= 0.6 is 0 Å². The fourth-order valence-corrected chi connectivity index (χ4v) is 2.30. The number of carbonyl (C=O) groups excluding carboxylic acids is 1. The van der Waals surface area contributed by atoms with E-state index in [9.17, 15) is 4.79 Å². The molecule has 2 aromatic carbocycles. The van der Waals surface area contributed by atoms with Crippen molar-refractivity contribution in [3.05, 3.63) is 65.7 Å². The van der Waals surface area contributed by atoms with E-state index in [4.69, 9.17) is 4.52 Å². The molecular formula is C18H17N3O2. The molecule has 0 unspecified atom stereocenters. The van der Waals surface area contributed by atoms with Crippen LogP contribution in [-0.4, -0.2) is 11.2 Å². The Morgan fingerprint density at radius 2 is 1.78 bits per heavy atom. The van der Waals surface area contributed by atoms with Gasteiger partial charge in [-0.05, 0) is 25.5 Å². The second kappa shape index (κ2) is 6.36. The third-order valence-electron chi connectivity index (χ3n) is 3.44. The van der Waals surface area contributed by atoms with Crippen molar-refractivity contribution in [2.75, 3.05) is 10.6 Å². The van der Waals surface area contributed by atoms with Crippen LogP contribution < -0.4 is 10.6 Å². The Kier molecular flexibility index (Phi) is 4.10. The first-order valence-electron chi connectivity index (χ1n) is 7.29. The van der Waals surface area contributed by atoms with Gasteiger partial charge in [0.15, 0.2) is 11.6 Å². The number of nitrogens with zero attached hydrogens (tertiary/aromatic N) is 1. The van der Waals surface area contributed by atoms with Gasteiger partial charge in [0.25, 0.3) is 0 Å². The molecule has 0 spiro atoms. The molecule has 5 heteroatoms. The average Bonchev–Trinajstić information content (AvgIpc) is 2.99. The Hall–Kier alpha value is -3.08. The fourth-order valence-electron chi connectivity index (χ4n) is 2.30. The molecule has 0 aliphatic carbocycles. The zero-order valence-electron chi connectivity index (χ0n) is 13.0. The fraction of sp³-hybridized carbons (Fsp3) is 0.111. The van der Waals surface area contributed by atoms with Crippen molar-refractivity contribution in [2.45, 2.75) is 13.8 Å². The van der Waals surface area contributed by atoms with Gasteiger partial charge < -0.3 is 9.84 Å². The normalized spacial score (nSPS) is 10.3. The van der Waals surface area contributed by atoms with Gasteiger partial charge in [0.1, 0.15) is 0 Å². The molecule has 2 amide bonds. The van der Waals surface area contributed by atoms with E-state index >= 15 is 0 Å². The highest BCUT2D eigenvalue weighted by molar-refractivity contribution is 5.99. The quantitative estimate of drug-likeness (QED) is 0.743. The summed E-state index contributed by atoms with van der Waals surface area (Å²) in [5.74, 6) is 0.971. The average molecular weight is 307 g/mol. The minimum absolute atomic E-state index is 0.357. The van der Waals surface area contributed by atoms with Crippen molar-refractivity contribution < 1.29 is 9.32 Å². The van der Waals surface area contributed by atoms with E-state index in [0.29, 0.717) is 11.6 Å². The molecule has 5 nitrogen and oxygen atoms in total. The van der Waals surface area contributed by atoms with Crippen LogP contribution in [0.1, 0.15) is 11.1 Å². The summed E-state index contributed by atoms with van der Waals surface area (Å²) >= 11 is 0. The molecule has 0 fully saturated rings. The lowest BCUT2D eigenvalue weighted by molar-refractivity contribution is 0.262. The first-order chi connectivity index (χ1) is 11.1. The topological polar surface area (TPSA) is 67.2 Å². The Labute approximate surface area is 134 Å². The van der Waals surface area contributed by atoms with Gasteiger partial charge in [-0.2, -0.15) is 0 Å². The molecule has 0 saturated carbocycles. The van der Waals surface area contributed by atoms with Gasteiger partial charge in [0.2, 0.25) is 0 Å². The Balaban J connectivity index is 1.68. The molecule has 1 aromatic heterocycles. The van der Waals surface area contributed by atoms with Crippen LogP contribution in [0.4, 0.5) is 16.3 Å². The Morgan fingerprint density at radius 3 is 2.52 bits per heavy atom. The zero-order valence-corrected chi connectivity index (χ0v) is 13.0. The van der Waals surface area contributed by atoms with E-state index in [2.05, 4.69) is 15.8 Å². The van der Waals surface area contributed by atoms with Crippen molar-refractivity contribution >= 4 is 17.5 Å². The van der Waals surface area contributed by atoms with Crippen LogP contribution in [0.2, 0.25) is 0 Å². The molecule has 3 aromatic rings. The zero-order chi connectivity index (χ0) is 16.2. The largest absolute Gasteiger partial charge is 0.354 e. The van der Waals surface area contributed by atoms with Gasteiger partial charge in [-0.25, -0.2) is 4.79 Å². The first-order valence-corrected chi connectivity index (χ1v) is 7.29. The highest BCUT2D eigenvalue weighted by Crippen LogP contribution is 2.22. The Bertz CT molecular complexity index is 825. The van der Waals surface area contributed by atoms with Crippen LogP contribution in [0.5, 0.6) is 0 Å². The highest BCUT2D eigenvalue weighted by atomic mass is 16.5. The Morgan fingerprint density at radius 1 is 1.00 bits per heavy atom. The van der Waals surface area contributed by atoms with E-state index in [0.717, 1.165) is 22.4 Å². The van der Waals surface area contributed by atoms with E-state index < -0.39 is 0 Å². The van der Waals surface area contributed by atoms with Crippen molar-refractivity contribution in [1.82, 2.24) is 5.16 Å². The number of rotatable bonds is 3. The maximum Gasteiger partial charge on any atom is 0.324 e. The molecule has 1 heterocycles. The minimum atomic E-state index is -0.357. The van der Waals surface area contributed by atoms with Gasteiger partial charge in [-0.15, -0.1) is 0 Å². The van der Waals surface area contributed by atoms with Crippen molar-refractivity contribution in [1.29, 1.82) is 0 Å². The third-order valence-corrected chi connectivity index (χ3v) is 3.44. The second-order valence-corrected chi connectivity index (χ2v) is 5.34. The molecular weight excluding hydrogens is 290 g/mol. The molecule has 116 valence electrons. The molecule has 3 rings (SSSR count). The number of urea groups is 1. The third kappa shape index (κ3) is 3.58. The van der Waals surface area contributed by atoms with Gasteiger partial charge in [0.05, 0.1) is 0 Å². The van der Waals surface area contributed by atoms with Crippen molar-refractivity contribution in [2.24, 2.45) is 0 Å². The lowest BCUT2D eigenvalue weighted by Gasteiger charge is -2.08. The number of carbonyl (C=O) groups is 1. The predicted molar refractivity (Wildman–Crippen MR) is 90.5 cm³/mol. The monoisotopic (exact) mass is 307 g/mol. The molecule has 0 saturated heterocycles. The molecule has 0 atom stereocenters. The molecule has 23 heavy (non-hydrogen) atoms. The summed E-state index contributed by atoms with van der Waals surface area (Å²) < 4.78 is 5.25. The molecule has 0 aliphatic heterocycles. The van der Waals surface area contributed by atoms with Crippen LogP contribution in [0, 0.1) is 13.8 Å². The van der Waals surface area contributed by atoms with E-state index in [1.807, 2.05) is 62.4 Å². The van der Waals surface area contributed by atoms with Gasteiger partial charge >= 0.3 is 6.03 Å². The van der Waals surface area contributed by atoms with Crippen molar-refractivity contribution in [3.63, 3.8) is 0 Å². The summed E-state index contributed by atoms with van der Waals surface area (Å²) in [5, 5.41) is 9.33. The maximum atomic E-state index is 12.1. The second-order valence-electron chi connectivity index (χ2n) is 5.34. The lowest BCUT2D eigenvalue weighted by Crippen LogP contribution is -2.20. The standard InChI is InChI=1S/C18H17N3O2/c1-12-8-9-15(13(2)10-12)19-18(22)20-17-11-16(23-21-17)14-6-4-3-5-7-14/h3-11H,1-2H3,(H2,19,20,21,22).